The molecule has 0 saturated carbocycles. The number of rotatable bonds is 0. The zero-order valence-corrected chi connectivity index (χ0v) is 15.1. The van der Waals surface area contributed by atoms with Crippen LogP contribution < -0.4 is 60.3 Å². The van der Waals surface area contributed by atoms with Crippen molar-refractivity contribution in [1.82, 2.24) is 0 Å². The molecule has 0 aromatic carbocycles. The van der Waals surface area contributed by atoms with Crippen molar-refractivity contribution in [1.29, 1.82) is 0 Å². The fourth-order valence-corrected chi connectivity index (χ4v) is 0. The van der Waals surface area contributed by atoms with Crippen molar-refractivity contribution in [3.8, 4) is 0 Å². The zero-order valence-electron chi connectivity index (χ0n) is 8.28. The van der Waals surface area contributed by atoms with Gasteiger partial charge < -0.3 is 60.3 Å². The molecular weight excluding hydrogens is 927 g/mol. The molecule has 0 aliphatic rings. The molecule has 0 unspecified atom stereocenters. The zero-order chi connectivity index (χ0) is 14.3. The summed E-state index contributed by atoms with van der Waals surface area (Å²) in [4.78, 5) is 0. The summed E-state index contributed by atoms with van der Waals surface area (Å²) in [6.07, 6.45) is 0. The van der Waals surface area contributed by atoms with E-state index >= 15 is 0 Å². The first-order valence-corrected chi connectivity index (χ1v) is 2.83. The van der Waals surface area contributed by atoms with Crippen molar-refractivity contribution < 1.29 is 248 Å². The van der Waals surface area contributed by atoms with Crippen LogP contribution >= 0.6 is 0 Å². The van der Waals surface area contributed by atoms with E-state index < -0.39 is 29.3 Å². The third-order valence-electron chi connectivity index (χ3n) is 0. The van der Waals surface area contributed by atoms with Gasteiger partial charge >= 0.3 is 188 Å². The van der Waals surface area contributed by atoms with Crippen LogP contribution in [0.3, 0.4) is 0 Å². The van der Waals surface area contributed by atoms with Gasteiger partial charge in [-0.3, -0.25) is 29.3 Å². The maximum Gasteiger partial charge on any atom is 3.00 e. The molecule has 12 nitrogen and oxygen atoms in total. The molecule has 4 radical (unpaired) electrons. The van der Waals surface area contributed by atoms with Gasteiger partial charge in [-0.15, -0.1) is 0 Å². The molecule has 0 bridgehead atoms. The monoisotopic (exact) mass is 932 g/mol. The average Bonchev–Trinajstić information content (AvgIpc) is 1.76. The Labute approximate surface area is 270 Å². The first kappa shape index (κ1) is 50.1. The minimum Gasteiger partial charge on any atom is -0.907 e. The van der Waals surface area contributed by atoms with Crippen LogP contribution in [-0.4, -0.2) is 29.3 Å². The Balaban J connectivity index is -0.0000000150. The average molecular weight is 927 g/mol. The molecule has 0 heterocycles. The molecule has 0 amide bonds. The standard InChI is InChI=1S/4BO3.4Yb/c4*2-1(3)4;;;;/q4*-3;4*+3. The molecule has 0 saturated heterocycles. The molecule has 140 valence electrons. The third-order valence-corrected chi connectivity index (χ3v) is 0. The second-order valence-electron chi connectivity index (χ2n) is 1.15. The van der Waals surface area contributed by atoms with Crippen LogP contribution in [0.4, 0.5) is 0 Å². The van der Waals surface area contributed by atoms with Crippen molar-refractivity contribution in [3.63, 3.8) is 0 Å². The Bertz CT molecular complexity index is 70.4. The normalized spacial score (nSPS) is 5.40. The van der Waals surface area contributed by atoms with E-state index in [1.165, 1.54) is 0 Å². The van der Waals surface area contributed by atoms with Crippen LogP contribution in [0, 0.1) is 188 Å². The van der Waals surface area contributed by atoms with E-state index in [9.17, 15) is 0 Å². The van der Waals surface area contributed by atoms with Gasteiger partial charge in [-0.05, 0) is 0 Å². The molecule has 0 N–H and O–H groups in total. The molecule has 0 aromatic heterocycles. The number of hydrogen-bond donors (Lipinski definition) is 0. The minimum absolute atomic E-state index is 0. The van der Waals surface area contributed by atoms with Crippen LogP contribution in [0.5, 0.6) is 0 Å². The fourth-order valence-electron chi connectivity index (χ4n) is 0. The van der Waals surface area contributed by atoms with Crippen molar-refractivity contribution >= 4 is 29.3 Å². The van der Waals surface area contributed by atoms with Crippen LogP contribution in [0.2, 0.25) is 0 Å². The van der Waals surface area contributed by atoms with Gasteiger partial charge in [0.2, 0.25) is 0 Å². The van der Waals surface area contributed by atoms with Crippen molar-refractivity contribution in [3.05, 3.63) is 0 Å². The van der Waals surface area contributed by atoms with Gasteiger partial charge in [0.25, 0.3) is 0 Å². The molecular formula is B4O12Yb4. The Morgan fingerprint density at radius 1 is 0.250 bits per heavy atom. The molecule has 0 aromatic rings. The Morgan fingerprint density at radius 3 is 0.250 bits per heavy atom. The maximum atomic E-state index is 8.42. The molecule has 20 heteroatoms. The molecule has 0 rings (SSSR count). The summed E-state index contributed by atoms with van der Waals surface area (Å²) in [5.74, 6) is 0. The van der Waals surface area contributed by atoms with Crippen LogP contribution in [0.15, 0.2) is 0 Å². The smallest absolute Gasteiger partial charge is 0.907 e. The van der Waals surface area contributed by atoms with E-state index in [4.69, 9.17) is 60.3 Å². The fraction of sp³-hybridized carbons (Fsp3) is 0. The summed E-state index contributed by atoms with van der Waals surface area (Å²) in [5, 5.41) is 101. The summed E-state index contributed by atoms with van der Waals surface area (Å²) < 4.78 is 0. The van der Waals surface area contributed by atoms with Gasteiger partial charge in [0.1, 0.15) is 0 Å². The predicted molar refractivity (Wildman–Crippen MR) is 23.0 cm³/mol. The second-order valence-corrected chi connectivity index (χ2v) is 1.15. The molecule has 0 fully saturated rings. The van der Waals surface area contributed by atoms with Gasteiger partial charge in [-0.1, -0.05) is 0 Å². The van der Waals surface area contributed by atoms with E-state index in [1.807, 2.05) is 0 Å². The topological polar surface area (TPSA) is 277 Å². The van der Waals surface area contributed by atoms with E-state index in [-0.39, 0.29) is 188 Å². The molecule has 0 atom stereocenters. The summed E-state index contributed by atoms with van der Waals surface area (Å²) in [5.41, 5.74) is 0. The minimum atomic E-state index is -2.92. The van der Waals surface area contributed by atoms with Crippen LogP contribution in [0.1, 0.15) is 0 Å². The summed E-state index contributed by atoms with van der Waals surface area (Å²) in [6, 6.07) is 0. The third kappa shape index (κ3) is 363. The molecule has 0 spiro atoms. The Hall–Kier alpha value is 5.86. The summed E-state index contributed by atoms with van der Waals surface area (Å²) in [6.45, 7) is 0. The predicted octanol–water partition coefficient (Wildman–Crippen LogP) is -15.8. The molecule has 20 heavy (non-hydrogen) atoms. The first-order chi connectivity index (χ1) is 6.93. The van der Waals surface area contributed by atoms with E-state index in [0.29, 0.717) is 0 Å². The number of hydrogen-bond acceptors (Lipinski definition) is 12. The molecule has 0 aliphatic carbocycles. The quantitative estimate of drug-likeness (QED) is 0.205. The van der Waals surface area contributed by atoms with Gasteiger partial charge in [-0.2, -0.15) is 0 Å². The van der Waals surface area contributed by atoms with Crippen molar-refractivity contribution in [2.45, 2.75) is 0 Å². The van der Waals surface area contributed by atoms with Crippen molar-refractivity contribution in [2.75, 3.05) is 0 Å². The van der Waals surface area contributed by atoms with Gasteiger partial charge in [0.05, 0.1) is 0 Å². The summed E-state index contributed by atoms with van der Waals surface area (Å²) >= 11 is 0. The van der Waals surface area contributed by atoms with Gasteiger partial charge in [0, 0.05) is 0 Å². The Morgan fingerprint density at radius 2 is 0.250 bits per heavy atom. The van der Waals surface area contributed by atoms with Gasteiger partial charge in [0.15, 0.2) is 0 Å². The second kappa shape index (κ2) is 44.4. The van der Waals surface area contributed by atoms with E-state index in [2.05, 4.69) is 0 Å². The van der Waals surface area contributed by atoms with Crippen LogP contribution in [-0.2, 0) is 0 Å². The van der Waals surface area contributed by atoms with Crippen molar-refractivity contribution in [2.24, 2.45) is 0 Å². The van der Waals surface area contributed by atoms with E-state index in [1.54, 1.807) is 0 Å². The SMILES string of the molecule is [O-]B([O-])[O-].[O-]B([O-])[O-].[O-]B([O-])[O-].[O-]B([O-])[O-].[Yb+3].[Yb+3].[Yb+3].[Yb+3]. The Kier molecular flexibility index (Phi) is 111. The summed E-state index contributed by atoms with van der Waals surface area (Å²) in [7, 11) is -11.7. The van der Waals surface area contributed by atoms with Crippen LogP contribution in [0.25, 0.3) is 0 Å². The maximum absolute atomic E-state index is 8.42. The molecule has 0 aliphatic heterocycles. The van der Waals surface area contributed by atoms with Gasteiger partial charge in [-0.25, -0.2) is 0 Å². The van der Waals surface area contributed by atoms with E-state index in [0.717, 1.165) is 0 Å². The first-order valence-electron chi connectivity index (χ1n) is 2.83. The largest absolute Gasteiger partial charge is 3.00 e.